The molecule has 0 radical (unpaired) electrons. The standard InChI is InChI=1S/C16H33NO2/c1-4-5-6-7-8-9-13-16(19)17(3)14-11-10-12-15(2)18/h15,18H,4-14H2,1-3H3. The van der Waals surface area contributed by atoms with Crippen LogP contribution in [0, 0.1) is 0 Å². The zero-order valence-electron chi connectivity index (χ0n) is 13.2. The molecule has 1 N–H and O–H groups in total. The zero-order valence-corrected chi connectivity index (χ0v) is 13.2. The lowest BCUT2D eigenvalue weighted by atomic mass is 10.1. The zero-order chi connectivity index (χ0) is 14.5. The van der Waals surface area contributed by atoms with Crippen molar-refractivity contribution in [1.82, 2.24) is 4.90 Å². The molecule has 0 heterocycles. The lowest BCUT2D eigenvalue weighted by Gasteiger charge is -2.17. The van der Waals surface area contributed by atoms with Gasteiger partial charge in [0.05, 0.1) is 6.10 Å². The van der Waals surface area contributed by atoms with Gasteiger partial charge < -0.3 is 10.0 Å². The molecule has 0 spiro atoms. The van der Waals surface area contributed by atoms with E-state index in [1.165, 1.54) is 32.1 Å². The van der Waals surface area contributed by atoms with Gasteiger partial charge in [0.15, 0.2) is 0 Å². The van der Waals surface area contributed by atoms with Crippen LogP contribution in [0.3, 0.4) is 0 Å². The molecule has 0 bridgehead atoms. The van der Waals surface area contributed by atoms with E-state index in [1.807, 2.05) is 18.9 Å². The minimum atomic E-state index is -0.218. The van der Waals surface area contributed by atoms with Crippen molar-refractivity contribution in [2.75, 3.05) is 13.6 Å². The fourth-order valence-corrected chi connectivity index (χ4v) is 2.16. The minimum Gasteiger partial charge on any atom is -0.393 e. The van der Waals surface area contributed by atoms with E-state index in [0.717, 1.165) is 32.2 Å². The molecule has 0 aliphatic rings. The van der Waals surface area contributed by atoms with Gasteiger partial charge in [-0.15, -0.1) is 0 Å². The molecule has 3 nitrogen and oxygen atoms in total. The van der Waals surface area contributed by atoms with Crippen LogP contribution in [0.2, 0.25) is 0 Å². The smallest absolute Gasteiger partial charge is 0.222 e. The summed E-state index contributed by atoms with van der Waals surface area (Å²) in [6.07, 6.45) is 10.7. The number of carbonyl (C=O) groups is 1. The summed E-state index contributed by atoms with van der Waals surface area (Å²) in [5.41, 5.74) is 0. The number of hydrogen-bond donors (Lipinski definition) is 1. The number of amides is 1. The Hall–Kier alpha value is -0.570. The highest BCUT2D eigenvalue weighted by atomic mass is 16.3. The van der Waals surface area contributed by atoms with Gasteiger partial charge in [-0.3, -0.25) is 4.79 Å². The third kappa shape index (κ3) is 12.2. The van der Waals surface area contributed by atoms with Crippen molar-refractivity contribution in [2.45, 2.75) is 84.2 Å². The Kier molecular flexibility index (Phi) is 12.1. The fourth-order valence-electron chi connectivity index (χ4n) is 2.16. The van der Waals surface area contributed by atoms with Gasteiger partial charge in [0.25, 0.3) is 0 Å². The van der Waals surface area contributed by atoms with E-state index in [2.05, 4.69) is 6.92 Å². The van der Waals surface area contributed by atoms with E-state index in [9.17, 15) is 4.79 Å². The average Bonchev–Trinajstić information content (AvgIpc) is 2.38. The fraction of sp³-hybridized carbons (Fsp3) is 0.938. The maximum absolute atomic E-state index is 11.8. The van der Waals surface area contributed by atoms with Crippen molar-refractivity contribution in [3.8, 4) is 0 Å². The molecule has 1 unspecified atom stereocenters. The topological polar surface area (TPSA) is 40.5 Å². The number of unbranched alkanes of at least 4 members (excludes halogenated alkanes) is 6. The van der Waals surface area contributed by atoms with Crippen LogP contribution < -0.4 is 0 Å². The molecular formula is C16H33NO2. The number of hydrogen-bond acceptors (Lipinski definition) is 2. The predicted molar refractivity (Wildman–Crippen MR) is 81.2 cm³/mol. The van der Waals surface area contributed by atoms with Crippen LogP contribution in [0.1, 0.15) is 78.1 Å². The Morgan fingerprint density at radius 1 is 1.05 bits per heavy atom. The Labute approximate surface area is 119 Å². The summed E-state index contributed by atoms with van der Waals surface area (Å²) < 4.78 is 0. The molecule has 1 amide bonds. The summed E-state index contributed by atoms with van der Waals surface area (Å²) in [4.78, 5) is 13.7. The van der Waals surface area contributed by atoms with Crippen LogP contribution in [0.25, 0.3) is 0 Å². The first-order chi connectivity index (χ1) is 9.07. The monoisotopic (exact) mass is 271 g/mol. The maximum Gasteiger partial charge on any atom is 0.222 e. The molecule has 0 aromatic carbocycles. The van der Waals surface area contributed by atoms with Gasteiger partial charge >= 0.3 is 0 Å². The summed E-state index contributed by atoms with van der Waals surface area (Å²) in [6.45, 7) is 4.85. The average molecular weight is 271 g/mol. The summed E-state index contributed by atoms with van der Waals surface area (Å²) >= 11 is 0. The second kappa shape index (κ2) is 12.5. The highest BCUT2D eigenvalue weighted by molar-refractivity contribution is 5.75. The van der Waals surface area contributed by atoms with Gasteiger partial charge in [-0.2, -0.15) is 0 Å². The van der Waals surface area contributed by atoms with Crippen molar-refractivity contribution in [1.29, 1.82) is 0 Å². The second-order valence-electron chi connectivity index (χ2n) is 5.68. The largest absolute Gasteiger partial charge is 0.393 e. The van der Waals surface area contributed by atoms with Gasteiger partial charge in [0, 0.05) is 20.0 Å². The summed E-state index contributed by atoms with van der Waals surface area (Å²) in [6, 6.07) is 0. The van der Waals surface area contributed by atoms with Crippen LogP contribution in [-0.2, 0) is 4.79 Å². The van der Waals surface area contributed by atoms with E-state index in [0.29, 0.717) is 6.42 Å². The molecule has 3 heteroatoms. The molecule has 1 atom stereocenters. The number of aliphatic hydroxyl groups is 1. The van der Waals surface area contributed by atoms with Crippen LogP contribution in [0.15, 0.2) is 0 Å². The Balaban J connectivity index is 3.43. The minimum absolute atomic E-state index is 0.218. The van der Waals surface area contributed by atoms with Gasteiger partial charge in [-0.05, 0) is 32.6 Å². The van der Waals surface area contributed by atoms with E-state index in [4.69, 9.17) is 5.11 Å². The Morgan fingerprint density at radius 2 is 1.68 bits per heavy atom. The molecule has 0 saturated heterocycles. The maximum atomic E-state index is 11.8. The first-order valence-corrected chi connectivity index (χ1v) is 8.00. The van der Waals surface area contributed by atoms with Gasteiger partial charge in [0.2, 0.25) is 5.91 Å². The van der Waals surface area contributed by atoms with E-state index >= 15 is 0 Å². The summed E-state index contributed by atoms with van der Waals surface area (Å²) in [5, 5.41) is 9.15. The lowest BCUT2D eigenvalue weighted by molar-refractivity contribution is -0.130. The van der Waals surface area contributed by atoms with Crippen LogP contribution in [0.4, 0.5) is 0 Å². The van der Waals surface area contributed by atoms with Gasteiger partial charge in [0.1, 0.15) is 0 Å². The van der Waals surface area contributed by atoms with E-state index < -0.39 is 0 Å². The normalized spacial score (nSPS) is 12.4. The first kappa shape index (κ1) is 18.4. The molecular weight excluding hydrogens is 238 g/mol. The molecule has 0 aromatic rings. The number of carbonyl (C=O) groups excluding carboxylic acids is 1. The van der Waals surface area contributed by atoms with Crippen LogP contribution in [-0.4, -0.2) is 35.6 Å². The van der Waals surface area contributed by atoms with Crippen LogP contribution >= 0.6 is 0 Å². The molecule has 0 fully saturated rings. The van der Waals surface area contributed by atoms with E-state index in [1.54, 1.807) is 0 Å². The molecule has 19 heavy (non-hydrogen) atoms. The molecule has 0 saturated carbocycles. The highest BCUT2D eigenvalue weighted by Gasteiger charge is 2.07. The molecule has 0 aliphatic carbocycles. The lowest BCUT2D eigenvalue weighted by Crippen LogP contribution is -2.27. The Bertz CT molecular complexity index is 217. The predicted octanol–water partition coefficient (Wildman–Crippen LogP) is 3.75. The van der Waals surface area contributed by atoms with Crippen molar-refractivity contribution in [3.05, 3.63) is 0 Å². The Morgan fingerprint density at radius 3 is 2.32 bits per heavy atom. The summed E-state index contributed by atoms with van der Waals surface area (Å²) in [5.74, 6) is 0.271. The molecule has 0 aliphatic heterocycles. The molecule has 0 aromatic heterocycles. The van der Waals surface area contributed by atoms with Gasteiger partial charge in [-0.1, -0.05) is 39.0 Å². The van der Waals surface area contributed by atoms with Crippen molar-refractivity contribution >= 4 is 5.91 Å². The molecule has 114 valence electrons. The third-order valence-electron chi connectivity index (χ3n) is 3.54. The number of nitrogens with zero attached hydrogens (tertiary/aromatic N) is 1. The number of rotatable bonds is 12. The second-order valence-corrected chi connectivity index (χ2v) is 5.68. The third-order valence-corrected chi connectivity index (χ3v) is 3.54. The van der Waals surface area contributed by atoms with Crippen molar-refractivity contribution in [3.63, 3.8) is 0 Å². The van der Waals surface area contributed by atoms with Crippen molar-refractivity contribution < 1.29 is 9.90 Å². The highest BCUT2D eigenvalue weighted by Crippen LogP contribution is 2.08. The SMILES string of the molecule is CCCCCCCCC(=O)N(C)CCCCC(C)O. The first-order valence-electron chi connectivity index (χ1n) is 8.00. The molecule has 0 rings (SSSR count). The van der Waals surface area contributed by atoms with Gasteiger partial charge in [-0.25, -0.2) is 0 Å². The quantitative estimate of drug-likeness (QED) is 0.549. The van der Waals surface area contributed by atoms with Crippen molar-refractivity contribution in [2.24, 2.45) is 0 Å². The summed E-state index contributed by atoms with van der Waals surface area (Å²) in [7, 11) is 1.89. The number of aliphatic hydroxyl groups excluding tert-OH is 1. The van der Waals surface area contributed by atoms with E-state index in [-0.39, 0.29) is 12.0 Å². The van der Waals surface area contributed by atoms with Crippen LogP contribution in [0.5, 0.6) is 0 Å².